The molecular weight excluding hydrogens is 555 g/mol. The van der Waals surface area contributed by atoms with Crippen molar-refractivity contribution in [3.63, 3.8) is 0 Å². The average molecular weight is 613 g/mol. The van der Waals surface area contributed by atoms with E-state index in [0.29, 0.717) is 6.42 Å². The lowest BCUT2D eigenvalue weighted by Gasteiger charge is -2.18. The van der Waals surface area contributed by atoms with Gasteiger partial charge in [-0.1, -0.05) is 114 Å². The van der Waals surface area contributed by atoms with Crippen LogP contribution in [0.3, 0.4) is 0 Å². The number of hydrogen-bond acceptors (Lipinski definition) is 6. The van der Waals surface area contributed by atoms with E-state index in [-0.39, 0.29) is 19.4 Å². The smallest absolute Gasteiger partial charge is 0.462 e. The summed E-state index contributed by atoms with van der Waals surface area (Å²) in [6.07, 6.45) is 32.8. The van der Waals surface area contributed by atoms with Crippen LogP contribution < -0.4 is 0 Å². The summed E-state index contributed by atoms with van der Waals surface area (Å²) in [6, 6.07) is 0. The molecule has 0 radical (unpaired) electrons. The predicted molar refractivity (Wildman–Crippen MR) is 170 cm³/mol. The van der Waals surface area contributed by atoms with E-state index in [1.807, 2.05) is 0 Å². The number of ether oxygens (including phenoxy) is 2. The second-order valence-corrected chi connectivity index (χ2v) is 11.7. The number of phosphoric ester groups is 1. The van der Waals surface area contributed by atoms with Crippen LogP contribution in [0.4, 0.5) is 0 Å². The minimum atomic E-state index is -4.75. The summed E-state index contributed by atoms with van der Waals surface area (Å²) in [5.74, 6) is -0.934. The van der Waals surface area contributed by atoms with Crippen LogP contribution in [0.5, 0.6) is 0 Å². The number of carbonyl (C=O) groups excluding carboxylic acids is 2. The molecule has 0 spiro atoms. The van der Waals surface area contributed by atoms with E-state index in [1.165, 1.54) is 25.7 Å². The maximum Gasteiger partial charge on any atom is 0.469 e. The molecule has 8 nitrogen and oxygen atoms in total. The molecule has 0 heterocycles. The molecule has 0 rings (SSSR count). The van der Waals surface area contributed by atoms with Gasteiger partial charge >= 0.3 is 19.8 Å². The highest BCUT2D eigenvalue weighted by Gasteiger charge is 2.22. The van der Waals surface area contributed by atoms with Crippen molar-refractivity contribution in [3.05, 3.63) is 48.6 Å². The van der Waals surface area contributed by atoms with Crippen LogP contribution in [0.15, 0.2) is 48.6 Å². The summed E-state index contributed by atoms with van der Waals surface area (Å²) in [5.41, 5.74) is 0. The van der Waals surface area contributed by atoms with E-state index in [4.69, 9.17) is 19.3 Å². The van der Waals surface area contributed by atoms with E-state index in [2.05, 4.69) is 67.0 Å². The summed E-state index contributed by atoms with van der Waals surface area (Å²) in [6.45, 7) is 3.50. The highest BCUT2D eigenvalue weighted by Crippen LogP contribution is 2.35. The Hall–Kier alpha value is -1.99. The van der Waals surface area contributed by atoms with Crippen molar-refractivity contribution >= 4 is 19.8 Å². The Morgan fingerprint density at radius 3 is 1.69 bits per heavy atom. The van der Waals surface area contributed by atoms with Crippen molar-refractivity contribution in [2.45, 2.75) is 136 Å². The summed E-state index contributed by atoms with van der Waals surface area (Å²) in [7, 11) is -4.75. The van der Waals surface area contributed by atoms with Crippen molar-refractivity contribution in [3.8, 4) is 0 Å². The van der Waals surface area contributed by atoms with Gasteiger partial charge in [-0.05, 0) is 51.4 Å². The van der Waals surface area contributed by atoms with Crippen molar-refractivity contribution < 1.29 is 37.9 Å². The number of esters is 2. The summed E-state index contributed by atoms with van der Waals surface area (Å²) >= 11 is 0. The van der Waals surface area contributed by atoms with Gasteiger partial charge in [0.05, 0.1) is 6.61 Å². The van der Waals surface area contributed by atoms with Gasteiger partial charge < -0.3 is 19.3 Å². The SMILES string of the molecule is CCC/C=C/C/C=C/C/C=C/C/C=C/CCCCCC(=O)O[C@H](COC(=O)CCCCCCCCC)COP(=O)(O)O. The van der Waals surface area contributed by atoms with Gasteiger partial charge in [0.1, 0.15) is 6.61 Å². The van der Waals surface area contributed by atoms with Gasteiger partial charge in [-0.15, -0.1) is 0 Å². The standard InChI is InChI=1S/C33H57O8P/c1-3-5-7-9-11-12-13-14-15-16-17-18-19-20-22-24-26-28-33(35)41-31(30-40-42(36,37)38)29-39-32(34)27-25-23-21-10-8-6-4-2/h7,9,12-13,15-16,18-19,31H,3-6,8,10-11,14,17,20-30H2,1-2H3,(H2,36,37,38)/b9-7+,13-12+,16-15+,19-18+/t31-/m1/s1. The number of unbranched alkanes of at least 4 members (excludes halogenated alkanes) is 10. The van der Waals surface area contributed by atoms with Crippen LogP contribution in [0.2, 0.25) is 0 Å². The van der Waals surface area contributed by atoms with Crippen LogP contribution >= 0.6 is 7.82 Å². The number of rotatable bonds is 28. The van der Waals surface area contributed by atoms with Crippen molar-refractivity contribution in [2.75, 3.05) is 13.2 Å². The second-order valence-electron chi connectivity index (χ2n) is 10.4. The van der Waals surface area contributed by atoms with Crippen LogP contribution in [0.1, 0.15) is 129 Å². The fraction of sp³-hybridized carbons (Fsp3) is 0.697. The Morgan fingerprint density at radius 1 is 0.619 bits per heavy atom. The Kier molecular flexibility index (Phi) is 27.7. The Balaban J connectivity index is 4.10. The molecular formula is C33H57O8P. The van der Waals surface area contributed by atoms with Gasteiger partial charge in [-0.25, -0.2) is 4.57 Å². The van der Waals surface area contributed by atoms with Gasteiger partial charge in [-0.2, -0.15) is 0 Å². The summed E-state index contributed by atoms with van der Waals surface area (Å²) in [5, 5.41) is 0. The second kappa shape index (κ2) is 29.1. The molecule has 0 aromatic rings. The molecule has 2 N–H and O–H groups in total. The first-order valence-electron chi connectivity index (χ1n) is 15.9. The molecule has 242 valence electrons. The van der Waals surface area contributed by atoms with Gasteiger partial charge in [0.2, 0.25) is 0 Å². The van der Waals surface area contributed by atoms with Crippen LogP contribution in [-0.4, -0.2) is 41.0 Å². The lowest BCUT2D eigenvalue weighted by Crippen LogP contribution is -2.29. The fourth-order valence-electron chi connectivity index (χ4n) is 3.95. The first kappa shape index (κ1) is 40.0. The minimum Gasteiger partial charge on any atom is -0.462 e. The number of carbonyl (C=O) groups is 2. The minimum absolute atomic E-state index is 0.173. The van der Waals surface area contributed by atoms with Crippen LogP contribution in [0.25, 0.3) is 0 Å². The molecule has 0 amide bonds. The largest absolute Gasteiger partial charge is 0.469 e. The first-order chi connectivity index (χ1) is 20.3. The third-order valence-corrected chi connectivity index (χ3v) is 6.82. The van der Waals surface area contributed by atoms with Crippen LogP contribution in [0, 0.1) is 0 Å². The monoisotopic (exact) mass is 612 g/mol. The molecule has 0 aliphatic rings. The van der Waals surface area contributed by atoms with Crippen molar-refractivity contribution in [2.24, 2.45) is 0 Å². The summed E-state index contributed by atoms with van der Waals surface area (Å²) < 4.78 is 26.1. The maximum atomic E-state index is 12.3. The van der Waals surface area contributed by atoms with Crippen molar-refractivity contribution in [1.82, 2.24) is 0 Å². The zero-order valence-electron chi connectivity index (χ0n) is 26.1. The van der Waals surface area contributed by atoms with E-state index >= 15 is 0 Å². The third-order valence-electron chi connectivity index (χ3n) is 6.33. The first-order valence-corrected chi connectivity index (χ1v) is 17.5. The average Bonchev–Trinajstić information content (AvgIpc) is 2.95. The Morgan fingerprint density at radius 2 is 1.12 bits per heavy atom. The van der Waals surface area contributed by atoms with Crippen LogP contribution in [-0.2, 0) is 28.2 Å². The molecule has 0 aromatic heterocycles. The van der Waals surface area contributed by atoms with Crippen molar-refractivity contribution in [1.29, 1.82) is 0 Å². The normalized spacial score (nSPS) is 13.1. The van der Waals surface area contributed by atoms with E-state index in [0.717, 1.165) is 70.6 Å². The lowest BCUT2D eigenvalue weighted by molar-refractivity contribution is -0.161. The number of allylic oxidation sites excluding steroid dienone is 8. The highest BCUT2D eigenvalue weighted by atomic mass is 31.2. The molecule has 1 atom stereocenters. The van der Waals surface area contributed by atoms with Gasteiger partial charge in [0.25, 0.3) is 0 Å². The number of phosphoric acid groups is 1. The van der Waals surface area contributed by atoms with E-state index in [9.17, 15) is 14.2 Å². The quantitative estimate of drug-likeness (QED) is 0.0389. The van der Waals surface area contributed by atoms with Gasteiger partial charge in [-0.3, -0.25) is 14.1 Å². The number of hydrogen-bond donors (Lipinski definition) is 2. The Bertz CT molecular complexity index is 828. The maximum absolute atomic E-state index is 12.3. The molecule has 0 fully saturated rings. The molecule has 0 unspecified atom stereocenters. The Labute approximate surface area is 254 Å². The van der Waals surface area contributed by atoms with Gasteiger partial charge in [0, 0.05) is 12.8 Å². The predicted octanol–water partition coefficient (Wildman–Crippen LogP) is 8.84. The molecule has 0 aliphatic heterocycles. The topological polar surface area (TPSA) is 119 Å². The molecule has 42 heavy (non-hydrogen) atoms. The molecule has 0 aliphatic carbocycles. The lowest BCUT2D eigenvalue weighted by atomic mass is 10.1. The van der Waals surface area contributed by atoms with Gasteiger partial charge in [0.15, 0.2) is 6.10 Å². The van der Waals surface area contributed by atoms with E-state index in [1.54, 1.807) is 0 Å². The highest BCUT2D eigenvalue weighted by molar-refractivity contribution is 7.46. The zero-order valence-corrected chi connectivity index (χ0v) is 27.0. The fourth-order valence-corrected chi connectivity index (χ4v) is 4.31. The molecule has 0 saturated carbocycles. The van der Waals surface area contributed by atoms with E-state index < -0.39 is 32.5 Å². The summed E-state index contributed by atoms with van der Waals surface area (Å²) in [4.78, 5) is 42.3. The zero-order chi connectivity index (χ0) is 31.2. The molecule has 0 bridgehead atoms. The third kappa shape index (κ3) is 31.0. The molecule has 0 saturated heterocycles. The molecule has 0 aromatic carbocycles. The molecule has 9 heteroatoms.